The molecule has 0 aliphatic heterocycles. The minimum Gasteiger partial charge on any atom is -0.465 e. The lowest BCUT2D eigenvalue weighted by atomic mass is 10.0. The summed E-state index contributed by atoms with van der Waals surface area (Å²) in [6.07, 6.45) is -1.37. The van der Waals surface area contributed by atoms with Crippen LogP contribution >= 0.6 is 0 Å². The van der Waals surface area contributed by atoms with Gasteiger partial charge in [-0.3, -0.25) is 4.79 Å². The third kappa shape index (κ3) is 4.41. The molecular formula is C17H19NO5S. The van der Waals surface area contributed by atoms with Crippen molar-refractivity contribution in [3.05, 3.63) is 66.2 Å². The number of aliphatic hydroxyl groups excluding tert-OH is 1. The summed E-state index contributed by atoms with van der Waals surface area (Å²) in [5.74, 6) is -0.839. The second-order valence-electron chi connectivity index (χ2n) is 5.02. The van der Waals surface area contributed by atoms with Crippen molar-refractivity contribution >= 4 is 16.0 Å². The summed E-state index contributed by atoms with van der Waals surface area (Å²) in [6.45, 7) is 1.68. The lowest BCUT2D eigenvalue weighted by Crippen LogP contribution is -2.45. The Balaban J connectivity index is 2.32. The maximum absolute atomic E-state index is 12.5. The van der Waals surface area contributed by atoms with E-state index in [2.05, 4.69) is 4.72 Å². The molecule has 0 fully saturated rings. The van der Waals surface area contributed by atoms with Crippen LogP contribution in [-0.2, 0) is 19.6 Å². The zero-order valence-corrected chi connectivity index (χ0v) is 13.9. The van der Waals surface area contributed by atoms with Crippen molar-refractivity contribution < 1.29 is 23.1 Å². The first kappa shape index (κ1) is 18.1. The molecule has 2 atom stereocenters. The predicted octanol–water partition coefficient (Wildman–Crippen LogP) is 1.63. The Morgan fingerprint density at radius 2 is 1.62 bits per heavy atom. The molecule has 2 rings (SSSR count). The van der Waals surface area contributed by atoms with Crippen LogP contribution < -0.4 is 4.72 Å². The highest BCUT2D eigenvalue weighted by molar-refractivity contribution is 7.89. The number of carbonyl (C=O) groups is 1. The molecule has 0 saturated carbocycles. The van der Waals surface area contributed by atoms with Crippen LogP contribution in [0, 0.1) is 0 Å². The standard InChI is InChI=1S/C17H19NO5S/c1-2-23-17(20)15(16(19)13-9-5-3-6-10-13)18-24(21,22)14-11-7-4-8-12-14/h3-12,15-16,18-19H,2H2,1H3/t15-,16+/m0/s1. The molecule has 128 valence electrons. The van der Waals surface area contributed by atoms with Gasteiger partial charge in [0.05, 0.1) is 11.5 Å². The highest BCUT2D eigenvalue weighted by Gasteiger charge is 2.33. The maximum atomic E-state index is 12.5. The van der Waals surface area contributed by atoms with E-state index in [1.807, 2.05) is 0 Å². The minimum atomic E-state index is -3.99. The smallest absolute Gasteiger partial charge is 0.327 e. The summed E-state index contributed by atoms with van der Waals surface area (Å²) in [5, 5.41) is 10.5. The zero-order valence-electron chi connectivity index (χ0n) is 13.1. The van der Waals surface area contributed by atoms with Crippen LogP contribution in [0.25, 0.3) is 0 Å². The average Bonchev–Trinajstić information content (AvgIpc) is 2.61. The molecule has 0 unspecified atom stereocenters. The molecule has 2 aromatic carbocycles. The summed E-state index contributed by atoms with van der Waals surface area (Å²) >= 11 is 0. The van der Waals surface area contributed by atoms with E-state index in [1.54, 1.807) is 55.5 Å². The summed E-state index contributed by atoms with van der Waals surface area (Å²) in [5.41, 5.74) is 0.409. The van der Waals surface area contributed by atoms with E-state index >= 15 is 0 Å². The normalized spacial score (nSPS) is 13.9. The Morgan fingerprint density at radius 3 is 2.17 bits per heavy atom. The fraction of sp³-hybridized carbons (Fsp3) is 0.235. The molecule has 0 aliphatic carbocycles. The second kappa shape index (κ2) is 8.05. The van der Waals surface area contributed by atoms with Crippen LogP contribution in [-0.4, -0.2) is 32.1 Å². The van der Waals surface area contributed by atoms with Gasteiger partial charge in [-0.05, 0) is 24.6 Å². The van der Waals surface area contributed by atoms with Gasteiger partial charge in [-0.25, -0.2) is 8.42 Å². The first-order valence-electron chi connectivity index (χ1n) is 7.42. The van der Waals surface area contributed by atoms with E-state index in [1.165, 1.54) is 12.1 Å². The topological polar surface area (TPSA) is 92.7 Å². The Kier molecular flexibility index (Phi) is 6.08. The highest BCUT2D eigenvalue weighted by atomic mass is 32.2. The predicted molar refractivity (Wildman–Crippen MR) is 88.6 cm³/mol. The van der Waals surface area contributed by atoms with Gasteiger partial charge in [0.15, 0.2) is 0 Å². The fourth-order valence-electron chi connectivity index (χ4n) is 2.15. The molecule has 0 heterocycles. The molecule has 0 spiro atoms. The van der Waals surface area contributed by atoms with E-state index in [-0.39, 0.29) is 11.5 Å². The average molecular weight is 349 g/mol. The molecule has 2 N–H and O–H groups in total. The Bertz CT molecular complexity index is 762. The molecule has 2 aromatic rings. The molecule has 0 bridgehead atoms. The van der Waals surface area contributed by atoms with Crippen molar-refractivity contribution in [3.63, 3.8) is 0 Å². The summed E-state index contributed by atoms with van der Waals surface area (Å²) in [4.78, 5) is 12.2. The number of esters is 1. The summed E-state index contributed by atoms with van der Waals surface area (Å²) in [7, 11) is -3.99. The fourth-order valence-corrected chi connectivity index (χ4v) is 3.36. The van der Waals surface area contributed by atoms with Crippen molar-refractivity contribution in [1.29, 1.82) is 0 Å². The van der Waals surface area contributed by atoms with E-state index in [9.17, 15) is 18.3 Å². The number of carbonyl (C=O) groups excluding carboxylic acids is 1. The first-order chi connectivity index (χ1) is 11.5. The number of ether oxygens (including phenoxy) is 1. The van der Waals surface area contributed by atoms with Gasteiger partial charge >= 0.3 is 5.97 Å². The van der Waals surface area contributed by atoms with E-state index in [0.717, 1.165) is 0 Å². The number of hydrogen-bond acceptors (Lipinski definition) is 5. The quantitative estimate of drug-likeness (QED) is 0.741. The minimum absolute atomic E-state index is 0.000407. The maximum Gasteiger partial charge on any atom is 0.327 e. The van der Waals surface area contributed by atoms with Gasteiger partial charge in [-0.1, -0.05) is 48.5 Å². The molecule has 0 saturated heterocycles. The SMILES string of the molecule is CCOC(=O)[C@@H](NS(=O)(=O)c1ccccc1)[C@H](O)c1ccccc1. The first-order valence-corrected chi connectivity index (χ1v) is 8.91. The van der Waals surface area contributed by atoms with Gasteiger partial charge in [0.1, 0.15) is 12.1 Å². The van der Waals surface area contributed by atoms with Crippen LogP contribution in [0.5, 0.6) is 0 Å². The summed E-state index contributed by atoms with van der Waals surface area (Å²) in [6, 6.07) is 14.5. The lowest BCUT2D eigenvalue weighted by Gasteiger charge is -2.22. The number of nitrogens with one attached hydrogen (secondary N) is 1. The Morgan fingerprint density at radius 1 is 1.08 bits per heavy atom. The number of rotatable bonds is 7. The Hall–Kier alpha value is -2.22. The van der Waals surface area contributed by atoms with Crippen LogP contribution in [0.4, 0.5) is 0 Å². The molecular weight excluding hydrogens is 330 g/mol. The third-order valence-corrected chi connectivity index (χ3v) is 4.79. The van der Waals surface area contributed by atoms with Crippen LogP contribution in [0.1, 0.15) is 18.6 Å². The van der Waals surface area contributed by atoms with Gasteiger partial charge in [-0.2, -0.15) is 4.72 Å². The van der Waals surface area contributed by atoms with Gasteiger partial charge in [-0.15, -0.1) is 0 Å². The number of hydrogen-bond donors (Lipinski definition) is 2. The van der Waals surface area contributed by atoms with Crippen LogP contribution in [0.2, 0.25) is 0 Å². The van der Waals surface area contributed by atoms with Gasteiger partial charge < -0.3 is 9.84 Å². The van der Waals surface area contributed by atoms with Crippen LogP contribution in [0.15, 0.2) is 65.6 Å². The molecule has 0 radical (unpaired) electrons. The monoisotopic (exact) mass is 349 g/mol. The van der Waals surface area contributed by atoms with E-state index < -0.39 is 28.1 Å². The van der Waals surface area contributed by atoms with Crippen LogP contribution in [0.3, 0.4) is 0 Å². The molecule has 6 nitrogen and oxygen atoms in total. The molecule has 24 heavy (non-hydrogen) atoms. The van der Waals surface area contributed by atoms with Crippen molar-refractivity contribution in [2.45, 2.75) is 24.0 Å². The molecule has 0 aromatic heterocycles. The molecule has 0 amide bonds. The Labute approximate surface area is 141 Å². The van der Waals surface area contributed by atoms with Crippen molar-refractivity contribution in [2.75, 3.05) is 6.61 Å². The largest absolute Gasteiger partial charge is 0.465 e. The second-order valence-corrected chi connectivity index (χ2v) is 6.73. The zero-order chi connectivity index (χ0) is 17.6. The number of benzene rings is 2. The van der Waals surface area contributed by atoms with Crippen molar-refractivity contribution in [2.24, 2.45) is 0 Å². The summed E-state index contributed by atoms with van der Waals surface area (Å²) < 4.78 is 32.1. The molecule has 7 heteroatoms. The van der Waals surface area contributed by atoms with E-state index in [4.69, 9.17) is 4.74 Å². The third-order valence-electron chi connectivity index (χ3n) is 3.33. The molecule has 0 aliphatic rings. The number of sulfonamides is 1. The lowest BCUT2D eigenvalue weighted by molar-refractivity contribution is -0.148. The number of aliphatic hydroxyl groups is 1. The van der Waals surface area contributed by atoms with Gasteiger partial charge in [0, 0.05) is 0 Å². The van der Waals surface area contributed by atoms with Gasteiger partial charge in [0.2, 0.25) is 10.0 Å². The highest BCUT2D eigenvalue weighted by Crippen LogP contribution is 2.20. The van der Waals surface area contributed by atoms with Crippen molar-refractivity contribution in [3.8, 4) is 0 Å². The van der Waals surface area contributed by atoms with Crippen molar-refractivity contribution in [1.82, 2.24) is 4.72 Å². The van der Waals surface area contributed by atoms with E-state index in [0.29, 0.717) is 5.56 Å². The van der Waals surface area contributed by atoms with Gasteiger partial charge in [0.25, 0.3) is 0 Å².